The van der Waals surface area contributed by atoms with Crippen LogP contribution in [0.2, 0.25) is 0 Å². The Labute approximate surface area is 277 Å². The summed E-state index contributed by atoms with van der Waals surface area (Å²) in [4.78, 5) is 2.31. The first-order valence-corrected chi connectivity index (χ1v) is 16.3. The van der Waals surface area contributed by atoms with Crippen molar-refractivity contribution in [3.63, 3.8) is 0 Å². The Bertz CT molecular complexity index is 2170. The summed E-state index contributed by atoms with van der Waals surface area (Å²) >= 11 is 0. The number of rotatable bonds is 6. The van der Waals surface area contributed by atoms with Crippen LogP contribution in [0.5, 0.6) is 0 Å². The maximum atomic E-state index is 6.34. The monoisotopic (exact) mass is 612 g/mol. The molecule has 0 bridgehead atoms. The van der Waals surface area contributed by atoms with Crippen LogP contribution in [0.3, 0.4) is 0 Å². The van der Waals surface area contributed by atoms with E-state index in [4.69, 9.17) is 9.31 Å². The van der Waals surface area contributed by atoms with Gasteiger partial charge in [0.1, 0.15) is 0 Å². The van der Waals surface area contributed by atoms with Crippen molar-refractivity contribution >= 4 is 51.4 Å². The molecule has 1 aromatic heterocycles. The van der Waals surface area contributed by atoms with Gasteiger partial charge in [0, 0.05) is 33.5 Å². The largest absolute Gasteiger partial charge is 0.494 e. The number of fused-ring (bicyclic) bond motifs is 3. The minimum absolute atomic E-state index is 0.384. The van der Waals surface area contributed by atoms with E-state index in [0.717, 1.165) is 28.2 Å². The molecule has 6 aromatic carbocycles. The summed E-state index contributed by atoms with van der Waals surface area (Å²) in [6, 6.07) is 54.0. The van der Waals surface area contributed by atoms with E-state index in [-0.39, 0.29) is 11.2 Å². The Morgan fingerprint density at radius 2 is 1.02 bits per heavy atom. The highest BCUT2D eigenvalue weighted by Crippen LogP contribution is 2.40. The highest BCUT2D eigenvalue weighted by atomic mass is 16.7. The Balaban J connectivity index is 1.21. The quantitative estimate of drug-likeness (QED) is 0.175. The minimum atomic E-state index is -0.400. The Kier molecular flexibility index (Phi) is 7.05. The molecular formula is C42H37BN2O2. The van der Waals surface area contributed by atoms with Gasteiger partial charge in [-0.1, -0.05) is 91.0 Å². The van der Waals surface area contributed by atoms with Gasteiger partial charge in [-0.3, -0.25) is 0 Å². The van der Waals surface area contributed by atoms with E-state index in [1.54, 1.807) is 0 Å². The number of hydrogen-bond acceptors (Lipinski definition) is 3. The average Bonchev–Trinajstić information content (AvgIpc) is 3.54. The molecule has 230 valence electrons. The lowest BCUT2D eigenvalue weighted by Crippen LogP contribution is -2.41. The molecule has 0 atom stereocenters. The summed E-state index contributed by atoms with van der Waals surface area (Å²) in [6.07, 6.45) is 0. The molecule has 5 heteroatoms. The van der Waals surface area contributed by atoms with Crippen molar-refractivity contribution in [2.75, 3.05) is 4.90 Å². The summed E-state index contributed by atoms with van der Waals surface area (Å²) in [5.41, 5.74) is 9.42. The zero-order valence-corrected chi connectivity index (χ0v) is 27.2. The number of nitrogens with zero attached hydrogens (tertiary/aromatic N) is 2. The van der Waals surface area contributed by atoms with Gasteiger partial charge in [0.25, 0.3) is 0 Å². The van der Waals surface area contributed by atoms with Gasteiger partial charge in [-0.15, -0.1) is 0 Å². The van der Waals surface area contributed by atoms with E-state index in [1.165, 1.54) is 32.9 Å². The lowest BCUT2D eigenvalue weighted by molar-refractivity contribution is 0.00578. The first kappa shape index (κ1) is 29.3. The highest BCUT2D eigenvalue weighted by molar-refractivity contribution is 6.62. The first-order chi connectivity index (χ1) is 22.8. The Hall–Kier alpha value is -5.10. The van der Waals surface area contributed by atoms with Crippen LogP contribution in [0.4, 0.5) is 17.1 Å². The second-order valence-electron chi connectivity index (χ2n) is 13.3. The SMILES string of the molecule is CC1(C)OB(c2ccc(N(c3ccccc3)c3ccc4c(c3)c3ccccc3n4-c3ccc(-c4ccccc4)cc3)cc2)OC1(C)C. The van der Waals surface area contributed by atoms with Crippen molar-refractivity contribution in [2.24, 2.45) is 0 Å². The molecule has 7 aromatic rings. The molecule has 4 nitrogen and oxygen atoms in total. The van der Waals surface area contributed by atoms with Crippen molar-refractivity contribution in [1.82, 2.24) is 4.57 Å². The van der Waals surface area contributed by atoms with Crippen LogP contribution in [-0.2, 0) is 9.31 Å². The van der Waals surface area contributed by atoms with Crippen LogP contribution in [0.15, 0.2) is 152 Å². The van der Waals surface area contributed by atoms with Crippen molar-refractivity contribution < 1.29 is 9.31 Å². The molecule has 0 unspecified atom stereocenters. The van der Waals surface area contributed by atoms with E-state index in [0.29, 0.717) is 0 Å². The van der Waals surface area contributed by atoms with Crippen molar-refractivity contribution in [1.29, 1.82) is 0 Å². The fourth-order valence-corrected chi connectivity index (χ4v) is 6.60. The molecule has 1 fully saturated rings. The third-order valence-electron chi connectivity index (χ3n) is 9.84. The minimum Gasteiger partial charge on any atom is -0.399 e. The Morgan fingerprint density at radius 3 is 1.70 bits per heavy atom. The van der Waals surface area contributed by atoms with E-state index >= 15 is 0 Å². The Morgan fingerprint density at radius 1 is 0.489 bits per heavy atom. The molecule has 47 heavy (non-hydrogen) atoms. The zero-order chi connectivity index (χ0) is 32.2. The van der Waals surface area contributed by atoms with E-state index < -0.39 is 7.12 Å². The average molecular weight is 613 g/mol. The maximum absolute atomic E-state index is 6.34. The summed E-state index contributed by atoms with van der Waals surface area (Å²) in [7, 11) is -0.400. The molecule has 1 aliphatic heterocycles. The molecule has 0 amide bonds. The fraction of sp³-hybridized carbons (Fsp3) is 0.143. The van der Waals surface area contributed by atoms with Crippen LogP contribution in [-0.4, -0.2) is 22.9 Å². The van der Waals surface area contributed by atoms with Gasteiger partial charge in [0.05, 0.1) is 22.2 Å². The predicted octanol–water partition coefficient (Wildman–Crippen LogP) is 10.2. The van der Waals surface area contributed by atoms with Crippen molar-refractivity contribution in [3.05, 3.63) is 152 Å². The third-order valence-corrected chi connectivity index (χ3v) is 9.84. The molecule has 0 spiro atoms. The van der Waals surface area contributed by atoms with Gasteiger partial charge in [-0.25, -0.2) is 0 Å². The topological polar surface area (TPSA) is 26.6 Å². The maximum Gasteiger partial charge on any atom is 0.494 e. The third kappa shape index (κ3) is 5.13. The summed E-state index contributed by atoms with van der Waals surface area (Å²) in [5, 5.41) is 2.43. The number of benzene rings is 6. The number of anilines is 3. The van der Waals surface area contributed by atoms with Crippen LogP contribution in [0.25, 0.3) is 38.6 Å². The van der Waals surface area contributed by atoms with E-state index in [1.807, 2.05) is 0 Å². The van der Waals surface area contributed by atoms with Gasteiger partial charge in [-0.2, -0.15) is 0 Å². The van der Waals surface area contributed by atoms with Gasteiger partial charge in [0.2, 0.25) is 0 Å². The molecule has 2 heterocycles. The van der Waals surface area contributed by atoms with Crippen LogP contribution in [0, 0.1) is 0 Å². The zero-order valence-electron chi connectivity index (χ0n) is 27.2. The summed E-state index contributed by atoms with van der Waals surface area (Å²) < 4.78 is 15.0. The van der Waals surface area contributed by atoms with Crippen LogP contribution < -0.4 is 10.4 Å². The summed E-state index contributed by atoms with van der Waals surface area (Å²) in [6.45, 7) is 8.35. The number of hydrogen-bond donors (Lipinski definition) is 0. The predicted molar refractivity (Wildman–Crippen MR) is 197 cm³/mol. The molecule has 0 radical (unpaired) electrons. The number of para-hydroxylation sites is 2. The molecule has 8 rings (SSSR count). The smallest absolute Gasteiger partial charge is 0.399 e. The van der Waals surface area contributed by atoms with Crippen LogP contribution in [0.1, 0.15) is 27.7 Å². The molecule has 0 saturated carbocycles. The van der Waals surface area contributed by atoms with Crippen molar-refractivity contribution in [2.45, 2.75) is 38.9 Å². The second-order valence-corrected chi connectivity index (χ2v) is 13.3. The van der Waals surface area contributed by atoms with Gasteiger partial charge >= 0.3 is 7.12 Å². The molecule has 0 N–H and O–H groups in total. The molecular weight excluding hydrogens is 575 g/mol. The first-order valence-electron chi connectivity index (χ1n) is 16.3. The lowest BCUT2D eigenvalue weighted by atomic mass is 9.79. The standard InChI is InChI=1S/C42H37BN2O2/c1-41(2)42(3,4)47-43(46-41)32-21-25-34(26-22-32)44(33-15-9-6-10-16-33)36-27-28-40-38(29-36)37-17-11-12-18-39(37)45(40)35-23-19-31(20-24-35)30-13-7-5-8-14-30/h5-29H,1-4H3. The van der Waals surface area contributed by atoms with Gasteiger partial charge in [-0.05, 0) is 105 Å². The van der Waals surface area contributed by atoms with Crippen molar-refractivity contribution in [3.8, 4) is 16.8 Å². The summed E-state index contributed by atoms with van der Waals surface area (Å²) in [5.74, 6) is 0. The molecule has 0 aliphatic carbocycles. The van der Waals surface area contributed by atoms with E-state index in [9.17, 15) is 0 Å². The number of aromatic nitrogens is 1. The normalized spacial score (nSPS) is 15.4. The van der Waals surface area contributed by atoms with Gasteiger partial charge in [0.15, 0.2) is 0 Å². The molecule has 1 saturated heterocycles. The fourth-order valence-electron chi connectivity index (χ4n) is 6.60. The van der Waals surface area contributed by atoms with E-state index in [2.05, 4.69) is 189 Å². The van der Waals surface area contributed by atoms with Gasteiger partial charge < -0.3 is 18.8 Å². The lowest BCUT2D eigenvalue weighted by Gasteiger charge is -2.32. The van der Waals surface area contributed by atoms with Crippen LogP contribution >= 0.6 is 0 Å². The molecule has 1 aliphatic rings. The second kappa shape index (κ2) is 11.3. The highest BCUT2D eigenvalue weighted by Gasteiger charge is 2.51.